The van der Waals surface area contributed by atoms with Crippen LogP contribution in [0.2, 0.25) is 0 Å². The van der Waals surface area contributed by atoms with Crippen LogP contribution in [0.1, 0.15) is 36.0 Å². The Hall–Kier alpha value is -3.15. The second kappa shape index (κ2) is 13.8. The molecule has 4 rings (SSSR count). The number of ether oxygens (including phenoxy) is 2. The van der Waals surface area contributed by atoms with Gasteiger partial charge in [-0.2, -0.15) is 0 Å². The number of phenols is 1. The number of methoxy groups -OCH3 is 1. The molecule has 0 amide bonds. The second-order valence-electron chi connectivity index (χ2n) is 8.99. The van der Waals surface area contributed by atoms with Crippen molar-refractivity contribution in [2.75, 3.05) is 20.3 Å². The maximum absolute atomic E-state index is 9.43. The average molecular weight is 509 g/mol. The number of hydrogen-bond acceptors (Lipinski definition) is 4. The zero-order valence-corrected chi connectivity index (χ0v) is 21.8. The highest BCUT2D eigenvalue weighted by atomic mass is 35.5. The number of rotatable bonds is 13. The van der Waals surface area contributed by atoms with Crippen molar-refractivity contribution in [1.29, 1.82) is 0 Å². The molecule has 1 aromatic heterocycles. The lowest BCUT2D eigenvalue weighted by molar-refractivity contribution is 0.322. The predicted molar refractivity (Wildman–Crippen MR) is 150 cm³/mol. The van der Waals surface area contributed by atoms with E-state index in [4.69, 9.17) is 15.2 Å². The van der Waals surface area contributed by atoms with Gasteiger partial charge in [0.05, 0.1) is 13.7 Å². The Kier molecular flexibility index (Phi) is 10.5. The monoisotopic (exact) mass is 508 g/mol. The average Bonchev–Trinajstić information content (AvgIpc) is 3.22. The van der Waals surface area contributed by atoms with E-state index in [0.29, 0.717) is 13.2 Å². The first-order valence-electron chi connectivity index (χ1n) is 12.5. The Labute approximate surface area is 220 Å². The Morgan fingerprint density at radius 1 is 0.806 bits per heavy atom. The van der Waals surface area contributed by atoms with Gasteiger partial charge in [0, 0.05) is 30.1 Å². The minimum absolute atomic E-state index is 0. The third kappa shape index (κ3) is 7.42. The molecule has 6 heteroatoms. The summed E-state index contributed by atoms with van der Waals surface area (Å²) >= 11 is 0. The van der Waals surface area contributed by atoms with Crippen molar-refractivity contribution >= 4 is 23.3 Å². The number of aromatic nitrogens is 1. The van der Waals surface area contributed by atoms with Crippen molar-refractivity contribution in [2.24, 2.45) is 5.73 Å². The lowest BCUT2D eigenvalue weighted by atomic mass is 10.1. The van der Waals surface area contributed by atoms with Crippen LogP contribution in [-0.4, -0.2) is 29.9 Å². The van der Waals surface area contributed by atoms with Crippen molar-refractivity contribution in [3.8, 4) is 17.2 Å². The van der Waals surface area contributed by atoms with Gasteiger partial charge in [-0.25, -0.2) is 0 Å². The number of phenolic OH excluding ortho intramolecular Hbond substituents is 1. The molecule has 0 saturated carbocycles. The van der Waals surface area contributed by atoms with Gasteiger partial charge >= 0.3 is 0 Å². The van der Waals surface area contributed by atoms with Gasteiger partial charge in [0.1, 0.15) is 17.2 Å². The summed E-state index contributed by atoms with van der Waals surface area (Å²) in [4.78, 5) is 0. The molecule has 0 spiro atoms. The van der Waals surface area contributed by atoms with Crippen LogP contribution < -0.4 is 15.2 Å². The standard InChI is InChI=1S/C30H36N2O3.ClH/c1-34-27-12-8-23(9-13-27)5-3-2-4-19-32-22-25(16-18-31)29-21-28(14-15-30(29)32)35-20-17-24-6-10-26(33)11-7-24;/h6-15,21-22,33H,2-5,16-20,31H2,1H3;1H. The normalized spacial score (nSPS) is 10.8. The molecule has 0 aliphatic heterocycles. The van der Waals surface area contributed by atoms with Gasteiger partial charge in [0.25, 0.3) is 0 Å². The van der Waals surface area contributed by atoms with Crippen LogP contribution in [0.4, 0.5) is 0 Å². The van der Waals surface area contributed by atoms with E-state index >= 15 is 0 Å². The van der Waals surface area contributed by atoms with Gasteiger partial charge in [-0.3, -0.25) is 0 Å². The fraction of sp³-hybridized carbons (Fsp3) is 0.333. The number of nitrogens with zero attached hydrogens (tertiary/aromatic N) is 1. The zero-order chi connectivity index (χ0) is 24.5. The molecule has 0 radical (unpaired) electrons. The lowest BCUT2D eigenvalue weighted by Crippen LogP contribution is -2.02. The summed E-state index contributed by atoms with van der Waals surface area (Å²) in [6, 6.07) is 22.0. The number of benzene rings is 3. The molecule has 3 aromatic carbocycles. The predicted octanol–water partition coefficient (Wildman–Crippen LogP) is 6.31. The van der Waals surface area contributed by atoms with E-state index in [-0.39, 0.29) is 18.2 Å². The highest BCUT2D eigenvalue weighted by molar-refractivity contribution is 5.86. The molecule has 0 unspecified atom stereocenters. The lowest BCUT2D eigenvalue weighted by Gasteiger charge is -2.09. The smallest absolute Gasteiger partial charge is 0.120 e. The maximum Gasteiger partial charge on any atom is 0.120 e. The number of aryl methyl sites for hydroxylation is 2. The molecule has 36 heavy (non-hydrogen) atoms. The van der Waals surface area contributed by atoms with Crippen molar-refractivity contribution in [3.63, 3.8) is 0 Å². The molecule has 1 heterocycles. The van der Waals surface area contributed by atoms with Crippen LogP contribution in [0, 0.1) is 0 Å². The first-order valence-corrected chi connectivity index (χ1v) is 12.5. The highest BCUT2D eigenvalue weighted by Crippen LogP contribution is 2.27. The SMILES string of the molecule is COc1ccc(CCCCCn2cc(CCN)c3cc(OCCc4ccc(O)cc4)ccc32)cc1.Cl. The van der Waals surface area contributed by atoms with E-state index < -0.39 is 0 Å². The van der Waals surface area contributed by atoms with Crippen molar-refractivity contribution in [2.45, 2.75) is 45.1 Å². The van der Waals surface area contributed by atoms with E-state index in [1.54, 1.807) is 19.2 Å². The molecule has 0 fully saturated rings. The molecule has 0 bridgehead atoms. The maximum atomic E-state index is 9.43. The van der Waals surface area contributed by atoms with Crippen LogP contribution in [0.15, 0.2) is 72.9 Å². The second-order valence-corrected chi connectivity index (χ2v) is 8.99. The van der Waals surface area contributed by atoms with Crippen LogP contribution in [0.3, 0.4) is 0 Å². The van der Waals surface area contributed by atoms with Gasteiger partial charge in [0.2, 0.25) is 0 Å². The van der Waals surface area contributed by atoms with Gasteiger partial charge in [0.15, 0.2) is 0 Å². The molecule has 3 N–H and O–H groups in total. The zero-order valence-electron chi connectivity index (χ0n) is 21.0. The van der Waals surface area contributed by atoms with Gasteiger partial charge in [-0.15, -0.1) is 12.4 Å². The molecular formula is C30H37ClN2O3. The summed E-state index contributed by atoms with van der Waals surface area (Å²) in [7, 11) is 1.70. The summed E-state index contributed by atoms with van der Waals surface area (Å²) in [5.74, 6) is 2.08. The minimum atomic E-state index is 0. The summed E-state index contributed by atoms with van der Waals surface area (Å²) in [6.07, 6.45) is 8.54. The molecule has 0 aliphatic rings. The molecule has 5 nitrogen and oxygen atoms in total. The van der Waals surface area contributed by atoms with Crippen molar-refractivity contribution in [1.82, 2.24) is 4.57 Å². The topological polar surface area (TPSA) is 69.6 Å². The third-order valence-corrected chi connectivity index (χ3v) is 6.47. The molecule has 192 valence electrons. The Morgan fingerprint density at radius 3 is 2.22 bits per heavy atom. The first kappa shape index (κ1) is 27.4. The summed E-state index contributed by atoms with van der Waals surface area (Å²) in [5.41, 5.74) is 10.9. The van der Waals surface area contributed by atoms with Crippen LogP contribution in [-0.2, 0) is 25.8 Å². The number of unbranched alkanes of at least 4 members (excludes halogenated alkanes) is 2. The summed E-state index contributed by atoms with van der Waals surface area (Å²) in [5, 5.41) is 10.7. The Balaban J connectivity index is 0.00000361. The van der Waals surface area contributed by atoms with E-state index in [2.05, 4.69) is 41.1 Å². The number of nitrogens with two attached hydrogens (primary N) is 1. The van der Waals surface area contributed by atoms with Crippen LogP contribution in [0.5, 0.6) is 17.2 Å². The van der Waals surface area contributed by atoms with E-state index in [0.717, 1.165) is 49.3 Å². The number of halogens is 1. The van der Waals surface area contributed by atoms with E-state index in [9.17, 15) is 5.11 Å². The van der Waals surface area contributed by atoms with Gasteiger partial charge < -0.3 is 24.9 Å². The summed E-state index contributed by atoms with van der Waals surface area (Å²) < 4.78 is 13.7. The Bertz CT molecular complexity index is 1200. The minimum Gasteiger partial charge on any atom is -0.508 e. The van der Waals surface area contributed by atoms with Crippen LogP contribution in [0.25, 0.3) is 10.9 Å². The van der Waals surface area contributed by atoms with E-state index in [1.165, 1.54) is 34.9 Å². The number of hydrogen-bond donors (Lipinski definition) is 2. The fourth-order valence-electron chi connectivity index (χ4n) is 4.51. The van der Waals surface area contributed by atoms with Gasteiger partial charge in [-0.1, -0.05) is 30.7 Å². The molecule has 0 aliphatic carbocycles. The van der Waals surface area contributed by atoms with E-state index in [1.807, 2.05) is 24.3 Å². The quantitative estimate of drug-likeness (QED) is 0.207. The van der Waals surface area contributed by atoms with Crippen molar-refractivity contribution in [3.05, 3.63) is 89.6 Å². The number of aromatic hydroxyl groups is 1. The Morgan fingerprint density at radius 2 is 1.50 bits per heavy atom. The van der Waals surface area contributed by atoms with Crippen LogP contribution >= 0.6 is 12.4 Å². The van der Waals surface area contributed by atoms with Crippen molar-refractivity contribution < 1.29 is 14.6 Å². The van der Waals surface area contributed by atoms with Gasteiger partial charge in [-0.05, 0) is 91.4 Å². The molecule has 0 saturated heterocycles. The first-order chi connectivity index (χ1) is 17.2. The highest BCUT2D eigenvalue weighted by Gasteiger charge is 2.10. The third-order valence-electron chi connectivity index (χ3n) is 6.47. The largest absolute Gasteiger partial charge is 0.508 e. The molecular weight excluding hydrogens is 472 g/mol. The number of fused-ring (bicyclic) bond motifs is 1. The fourth-order valence-corrected chi connectivity index (χ4v) is 4.51. The summed E-state index contributed by atoms with van der Waals surface area (Å²) in [6.45, 7) is 2.23. The molecule has 4 aromatic rings. The molecule has 0 atom stereocenters.